The van der Waals surface area contributed by atoms with Crippen LogP contribution in [0.1, 0.15) is 27.2 Å². The molecule has 0 unspecified atom stereocenters. The molecule has 3 nitrogen and oxygen atoms in total. The zero-order chi connectivity index (χ0) is 16.7. The molecule has 0 bridgehead atoms. The largest absolute Gasteiger partial charge is 0.495 e. The normalized spacial score (nSPS) is 13.8. The third kappa shape index (κ3) is 2.38. The molecule has 4 heteroatoms. The van der Waals surface area contributed by atoms with Gasteiger partial charge in [0.2, 0.25) is 0 Å². The van der Waals surface area contributed by atoms with Crippen LogP contribution in [-0.4, -0.2) is 19.6 Å². The Kier molecular flexibility index (Phi) is 3.77. The Bertz CT molecular complexity index is 896. The molecule has 1 aliphatic rings. The van der Waals surface area contributed by atoms with E-state index in [4.69, 9.17) is 4.74 Å². The van der Waals surface area contributed by atoms with Crippen LogP contribution in [0.25, 0.3) is 10.1 Å². The lowest BCUT2D eigenvalue weighted by molar-refractivity contribution is 0.0988. The summed E-state index contributed by atoms with van der Waals surface area (Å²) >= 11 is 1.56. The summed E-state index contributed by atoms with van der Waals surface area (Å²) in [7, 11) is 1.67. The van der Waals surface area contributed by atoms with Crippen molar-refractivity contribution in [3.8, 4) is 5.75 Å². The number of nitrogens with zero attached hydrogens (tertiary/aromatic N) is 1. The van der Waals surface area contributed by atoms with E-state index < -0.39 is 0 Å². The molecule has 0 saturated heterocycles. The van der Waals surface area contributed by atoms with Crippen molar-refractivity contribution in [3.63, 3.8) is 0 Å². The molecule has 1 aromatic heterocycles. The third-order valence-corrected chi connectivity index (χ3v) is 5.76. The van der Waals surface area contributed by atoms with Crippen LogP contribution >= 0.6 is 11.3 Å². The van der Waals surface area contributed by atoms with Gasteiger partial charge in [-0.2, -0.15) is 0 Å². The van der Waals surface area contributed by atoms with Gasteiger partial charge in [-0.05, 0) is 54.5 Å². The second-order valence-corrected chi connectivity index (χ2v) is 7.20. The molecule has 2 heterocycles. The van der Waals surface area contributed by atoms with Gasteiger partial charge in [0.05, 0.1) is 17.7 Å². The highest BCUT2D eigenvalue weighted by molar-refractivity contribution is 7.20. The summed E-state index contributed by atoms with van der Waals surface area (Å²) in [5.41, 5.74) is 3.40. The van der Waals surface area contributed by atoms with Gasteiger partial charge >= 0.3 is 0 Å². The van der Waals surface area contributed by atoms with E-state index in [2.05, 4.69) is 25.1 Å². The Morgan fingerprint density at radius 3 is 2.83 bits per heavy atom. The van der Waals surface area contributed by atoms with Crippen molar-refractivity contribution in [2.24, 2.45) is 0 Å². The van der Waals surface area contributed by atoms with Gasteiger partial charge in [-0.15, -0.1) is 11.3 Å². The summed E-state index contributed by atoms with van der Waals surface area (Å²) in [5.74, 6) is 0.853. The fourth-order valence-electron chi connectivity index (χ4n) is 3.44. The van der Waals surface area contributed by atoms with E-state index in [9.17, 15) is 4.79 Å². The molecule has 1 aliphatic heterocycles. The summed E-state index contributed by atoms with van der Waals surface area (Å²) in [6.45, 7) is 2.84. The first-order valence-corrected chi connectivity index (χ1v) is 8.97. The van der Waals surface area contributed by atoms with Crippen LogP contribution in [0.15, 0.2) is 42.5 Å². The molecule has 24 heavy (non-hydrogen) atoms. The molecule has 0 aliphatic carbocycles. The summed E-state index contributed by atoms with van der Waals surface area (Å²) < 4.78 is 6.70. The lowest BCUT2D eigenvalue weighted by Gasteiger charge is -2.31. The molecule has 2 aromatic carbocycles. The molecular weight excluding hydrogens is 318 g/mol. The van der Waals surface area contributed by atoms with Gasteiger partial charge < -0.3 is 9.64 Å². The van der Waals surface area contributed by atoms with E-state index in [0.717, 1.165) is 45.8 Å². The first-order valence-electron chi connectivity index (χ1n) is 8.16. The first-order chi connectivity index (χ1) is 11.7. The molecule has 4 rings (SSSR count). The van der Waals surface area contributed by atoms with Gasteiger partial charge in [0.1, 0.15) is 5.75 Å². The third-order valence-electron chi connectivity index (χ3n) is 4.66. The van der Waals surface area contributed by atoms with Crippen molar-refractivity contribution in [2.45, 2.75) is 19.8 Å². The second-order valence-electron chi connectivity index (χ2n) is 6.12. The second kappa shape index (κ2) is 5.95. The van der Waals surface area contributed by atoms with Crippen LogP contribution in [0, 0.1) is 6.92 Å². The van der Waals surface area contributed by atoms with Crippen molar-refractivity contribution >= 4 is 33.0 Å². The van der Waals surface area contributed by atoms with E-state index in [1.807, 2.05) is 29.2 Å². The number of thiophene rings is 1. The van der Waals surface area contributed by atoms with Crippen molar-refractivity contribution in [2.75, 3.05) is 18.6 Å². The van der Waals surface area contributed by atoms with Crippen molar-refractivity contribution in [3.05, 3.63) is 58.5 Å². The topological polar surface area (TPSA) is 29.5 Å². The van der Waals surface area contributed by atoms with Gasteiger partial charge in [0, 0.05) is 11.2 Å². The van der Waals surface area contributed by atoms with Crippen LogP contribution in [0.5, 0.6) is 5.75 Å². The Balaban J connectivity index is 1.81. The quantitative estimate of drug-likeness (QED) is 0.671. The number of ether oxygens (including phenoxy) is 1. The van der Waals surface area contributed by atoms with E-state index in [1.165, 1.54) is 11.1 Å². The van der Waals surface area contributed by atoms with Crippen molar-refractivity contribution in [1.29, 1.82) is 0 Å². The number of aryl methyl sites for hydroxylation is 1. The first kappa shape index (κ1) is 15.2. The summed E-state index contributed by atoms with van der Waals surface area (Å²) in [6, 6.07) is 14.2. The highest BCUT2D eigenvalue weighted by Crippen LogP contribution is 2.39. The van der Waals surface area contributed by atoms with Crippen LogP contribution in [0.4, 0.5) is 5.69 Å². The lowest BCUT2D eigenvalue weighted by Crippen LogP contribution is -2.35. The highest BCUT2D eigenvalue weighted by Gasteiger charge is 2.28. The number of benzene rings is 2. The average Bonchev–Trinajstić information content (AvgIpc) is 3.05. The Hall–Kier alpha value is -2.33. The number of carbonyl (C=O) groups is 1. The maximum atomic E-state index is 13.2. The van der Waals surface area contributed by atoms with E-state index in [0.29, 0.717) is 0 Å². The number of carbonyl (C=O) groups excluding carboxylic acids is 1. The number of anilines is 1. The minimum absolute atomic E-state index is 0.0704. The molecule has 1 amide bonds. The number of fused-ring (bicyclic) bond motifs is 2. The van der Waals surface area contributed by atoms with Crippen molar-refractivity contribution in [1.82, 2.24) is 0 Å². The maximum Gasteiger partial charge on any atom is 0.268 e. The molecule has 0 spiro atoms. The predicted molar refractivity (Wildman–Crippen MR) is 99.6 cm³/mol. The lowest BCUT2D eigenvalue weighted by atomic mass is 9.96. The monoisotopic (exact) mass is 337 g/mol. The van der Waals surface area contributed by atoms with Gasteiger partial charge in [-0.3, -0.25) is 4.79 Å². The molecule has 122 valence electrons. The van der Waals surface area contributed by atoms with E-state index in [-0.39, 0.29) is 5.91 Å². The molecule has 0 N–H and O–H groups in total. The number of hydrogen-bond donors (Lipinski definition) is 0. The SMILES string of the molecule is COc1ccc(C)c2c1N(C(=O)c1cc3ccccc3s1)CCC2. The van der Waals surface area contributed by atoms with E-state index in [1.54, 1.807) is 18.4 Å². The van der Waals surface area contributed by atoms with Crippen LogP contribution in [-0.2, 0) is 6.42 Å². The van der Waals surface area contributed by atoms with E-state index >= 15 is 0 Å². The molecule has 0 atom stereocenters. The van der Waals surface area contributed by atoms with Crippen LogP contribution in [0.3, 0.4) is 0 Å². The minimum Gasteiger partial charge on any atom is -0.495 e. The smallest absolute Gasteiger partial charge is 0.268 e. The summed E-state index contributed by atoms with van der Waals surface area (Å²) in [4.78, 5) is 15.9. The van der Waals surface area contributed by atoms with Crippen LogP contribution < -0.4 is 9.64 Å². The number of amides is 1. The number of rotatable bonds is 2. The molecule has 0 fully saturated rings. The minimum atomic E-state index is 0.0704. The Morgan fingerprint density at radius 2 is 2.04 bits per heavy atom. The van der Waals surface area contributed by atoms with Gasteiger partial charge in [0.25, 0.3) is 5.91 Å². The fourth-order valence-corrected chi connectivity index (χ4v) is 4.45. The average molecular weight is 337 g/mol. The van der Waals surface area contributed by atoms with Crippen LogP contribution in [0.2, 0.25) is 0 Å². The molecule has 0 radical (unpaired) electrons. The summed E-state index contributed by atoms with van der Waals surface area (Å²) in [6.07, 6.45) is 1.98. The zero-order valence-corrected chi connectivity index (χ0v) is 14.7. The standard InChI is InChI=1S/C20H19NO2S/c1-13-9-10-16(23-2)19-15(13)7-5-11-21(19)20(22)18-12-14-6-3-4-8-17(14)24-18/h3-4,6,8-10,12H,5,7,11H2,1-2H3. The van der Waals surface area contributed by atoms with Gasteiger partial charge in [-0.25, -0.2) is 0 Å². The number of methoxy groups -OCH3 is 1. The summed E-state index contributed by atoms with van der Waals surface area (Å²) in [5, 5.41) is 1.12. The van der Waals surface area contributed by atoms with Gasteiger partial charge in [-0.1, -0.05) is 24.3 Å². The molecular formula is C20H19NO2S. The fraction of sp³-hybridized carbons (Fsp3) is 0.250. The van der Waals surface area contributed by atoms with Gasteiger partial charge in [0.15, 0.2) is 0 Å². The zero-order valence-electron chi connectivity index (χ0n) is 13.8. The highest BCUT2D eigenvalue weighted by atomic mass is 32.1. The number of hydrogen-bond acceptors (Lipinski definition) is 3. The Labute approximate surface area is 145 Å². The predicted octanol–water partition coefficient (Wildman–Crippen LogP) is 4.81. The maximum absolute atomic E-state index is 13.2. The molecule has 3 aromatic rings. The molecule has 0 saturated carbocycles. The Morgan fingerprint density at radius 1 is 1.21 bits per heavy atom. The van der Waals surface area contributed by atoms with Crippen molar-refractivity contribution < 1.29 is 9.53 Å².